The average Bonchev–Trinajstić information content (AvgIpc) is 3.15. The molecule has 4 N–H and O–H groups in total. The first-order valence-electron chi connectivity index (χ1n) is 6.88. The van der Waals surface area contributed by atoms with Gasteiger partial charge >= 0.3 is 0 Å². The van der Waals surface area contributed by atoms with E-state index in [1.165, 1.54) is 0 Å². The summed E-state index contributed by atoms with van der Waals surface area (Å²) < 4.78 is 13.5. The predicted molar refractivity (Wildman–Crippen MR) is 77.3 cm³/mol. The van der Waals surface area contributed by atoms with Gasteiger partial charge in [-0.25, -0.2) is 4.39 Å². The van der Waals surface area contributed by atoms with E-state index in [0.29, 0.717) is 24.1 Å². The number of rotatable bonds is 6. The quantitative estimate of drug-likeness (QED) is 0.324. The van der Waals surface area contributed by atoms with Gasteiger partial charge in [-0.05, 0) is 48.8 Å². The van der Waals surface area contributed by atoms with Crippen LogP contribution in [0.3, 0.4) is 0 Å². The summed E-state index contributed by atoms with van der Waals surface area (Å²) in [7, 11) is 0. The monoisotopic (exact) mass is 279 g/mol. The predicted octanol–water partition coefficient (Wildman–Crippen LogP) is 2.45. The van der Waals surface area contributed by atoms with E-state index >= 15 is 0 Å². The van der Waals surface area contributed by atoms with Gasteiger partial charge in [0.05, 0.1) is 0 Å². The summed E-state index contributed by atoms with van der Waals surface area (Å²) in [5.41, 5.74) is 8.15. The number of nitrogens with zero attached hydrogens (tertiary/aromatic N) is 1. The molecule has 1 aliphatic carbocycles. The largest absolute Gasteiger partial charge is 0.409 e. The topological polar surface area (TPSA) is 70.6 Å². The van der Waals surface area contributed by atoms with Crippen LogP contribution in [0.2, 0.25) is 0 Å². The smallest absolute Gasteiger partial charge is 0.139 e. The molecule has 0 saturated heterocycles. The fraction of sp³-hybridized carbons (Fsp3) is 0.533. The van der Waals surface area contributed by atoms with Crippen molar-refractivity contribution >= 4 is 5.84 Å². The summed E-state index contributed by atoms with van der Waals surface area (Å²) in [4.78, 5) is 0. The third kappa shape index (κ3) is 3.48. The number of aryl methyl sites for hydroxylation is 2. The van der Waals surface area contributed by atoms with Crippen molar-refractivity contribution in [2.75, 3.05) is 6.54 Å². The first-order valence-corrected chi connectivity index (χ1v) is 6.88. The molecule has 20 heavy (non-hydrogen) atoms. The van der Waals surface area contributed by atoms with Crippen molar-refractivity contribution in [1.82, 2.24) is 5.32 Å². The van der Waals surface area contributed by atoms with Crippen molar-refractivity contribution in [2.45, 2.75) is 39.7 Å². The van der Waals surface area contributed by atoms with Crippen molar-refractivity contribution in [1.29, 1.82) is 0 Å². The Morgan fingerprint density at radius 3 is 2.50 bits per heavy atom. The minimum absolute atomic E-state index is 0.126. The molecule has 0 amide bonds. The molecule has 1 fully saturated rings. The Kier molecular flexibility index (Phi) is 4.28. The fourth-order valence-corrected chi connectivity index (χ4v) is 2.62. The van der Waals surface area contributed by atoms with Crippen LogP contribution < -0.4 is 11.1 Å². The van der Waals surface area contributed by atoms with Gasteiger partial charge in [-0.1, -0.05) is 17.3 Å². The zero-order valence-electron chi connectivity index (χ0n) is 12.0. The Morgan fingerprint density at radius 1 is 1.40 bits per heavy atom. The minimum atomic E-state index is -0.126. The molecule has 0 spiro atoms. The second-order valence-corrected chi connectivity index (χ2v) is 5.92. The van der Waals surface area contributed by atoms with Crippen LogP contribution in [-0.2, 0) is 6.54 Å². The summed E-state index contributed by atoms with van der Waals surface area (Å²) in [6.07, 6.45) is 2.81. The highest BCUT2D eigenvalue weighted by molar-refractivity contribution is 5.80. The van der Waals surface area contributed by atoms with Gasteiger partial charge in [-0.3, -0.25) is 0 Å². The number of oxime groups is 1. The first-order chi connectivity index (χ1) is 9.46. The zero-order valence-corrected chi connectivity index (χ0v) is 12.0. The third-order valence-corrected chi connectivity index (χ3v) is 3.97. The molecule has 110 valence electrons. The Hall–Kier alpha value is -1.62. The molecule has 5 heteroatoms. The maximum atomic E-state index is 13.5. The van der Waals surface area contributed by atoms with Gasteiger partial charge in [0.25, 0.3) is 0 Å². The number of amidine groups is 1. The summed E-state index contributed by atoms with van der Waals surface area (Å²) >= 11 is 0. The number of hydrogen-bond acceptors (Lipinski definition) is 3. The first kappa shape index (κ1) is 14.8. The van der Waals surface area contributed by atoms with Crippen molar-refractivity contribution in [3.63, 3.8) is 0 Å². The van der Waals surface area contributed by atoms with Crippen molar-refractivity contribution < 1.29 is 9.60 Å². The Bertz CT molecular complexity index is 501. The van der Waals surface area contributed by atoms with Crippen LogP contribution in [0.1, 0.15) is 36.0 Å². The van der Waals surface area contributed by atoms with Gasteiger partial charge in [0.1, 0.15) is 11.7 Å². The Labute approximate surface area is 118 Å². The molecule has 0 aliphatic heterocycles. The number of nitrogens with one attached hydrogen (secondary N) is 1. The molecule has 0 unspecified atom stereocenters. The molecule has 4 nitrogen and oxygen atoms in total. The zero-order chi connectivity index (χ0) is 14.8. The summed E-state index contributed by atoms with van der Waals surface area (Å²) in [6, 6.07) is 3.75. The van der Waals surface area contributed by atoms with E-state index in [1.54, 1.807) is 13.8 Å². The molecule has 1 aromatic rings. The van der Waals surface area contributed by atoms with Crippen LogP contribution in [0.25, 0.3) is 0 Å². The average molecular weight is 279 g/mol. The van der Waals surface area contributed by atoms with Crippen LogP contribution in [0, 0.1) is 25.1 Å². The maximum Gasteiger partial charge on any atom is 0.139 e. The number of hydrogen-bond donors (Lipinski definition) is 3. The van der Waals surface area contributed by atoms with Crippen LogP contribution in [-0.4, -0.2) is 17.6 Å². The van der Waals surface area contributed by atoms with E-state index in [4.69, 9.17) is 10.9 Å². The highest BCUT2D eigenvalue weighted by atomic mass is 19.1. The van der Waals surface area contributed by atoms with E-state index in [2.05, 4.69) is 10.5 Å². The van der Waals surface area contributed by atoms with Crippen LogP contribution in [0.4, 0.5) is 4.39 Å². The summed E-state index contributed by atoms with van der Waals surface area (Å²) in [5.74, 6) is 0.164. The molecule has 1 saturated carbocycles. The van der Waals surface area contributed by atoms with Gasteiger partial charge < -0.3 is 16.3 Å². The SMILES string of the molecule is Cc1cc(CNCC2(C/C(N)=N/O)CC2)cc(C)c1F. The van der Waals surface area contributed by atoms with Gasteiger partial charge in [-0.2, -0.15) is 0 Å². The van der Waals surface area contributed by atoms with Crippen molar-refractivity contribution in [3.05, 3.63) is 34.6 Å². The Morgan fingerprint density at radius 2 is 2.00 bits per heavy atom. The molecule has 1 aromatic carbocycles. The molecule has 0 aromatic heterocycles. The second kappa shape index (κ2) is 5.79. The fourth-order valence-electron chi connectivity index (χ4n) is 2.62. The molecule has 0 radical (unpaired) electrons. The summed E-state index contributed by atoms with van der Waals surface area (Å²) in [6.45, 7) is 5.11. The van der Waals surface area contributed by atoms with Crippen LogP contribution in [0.15, 0.2) is 17.3 Å². The molecule has 2 rings (SSSR count). The van der Waals surface area contributed by atoms with E-state index in [1.807, 2.05) is 12.1 Å². The molecular formula is C15H22FN3O. The summed E-state index contributed by atoms with van der Waals surface area (Å²) in [5, 5.41) is 15.1. The number of benzene rings is 1. The molecule has 0 bridgehead atoms. The molecule has 0 heterocycles. The Balaban J connectivity index is 1.88. The minimum Gasteiger partial charge on any atom is -0.409 e. The highest BCUT2D eigenvalue weighted by Gasteiger charge is 2.42. The van der Waals surface area contributed by atoms with Gasteiger partial charge in [-0.15, -0.1) is 0 Å². The highest BCUT2D eigenvalue weighted by Crippen LogP contribution is 2.48. The van der Waals surface area contributed by atoms with Crippen LogP contribution in [0.5, 0.6) is 0 Å². The lowest BCUT2D eigenvalue weighted by Gasteiger charge is -2.15. The normalized spacial score (nSPS) is 17.2. The van der Waals surface area contributed by atoms with E-state index < -0.39 is 0 Å². The molecular weight excluding hydrogens is 257 g/mol. The van der Waals surface area contributed by atoms with E-state index in [-0.39, 0.29) is 17.1 Å². The second-order valence-electron chi connectivity index (χ2n) is 5.92. The van der Waals surface area contributed by atoms with E-state index in [9.17, 15) is 4.39 Å². The van der Waals surface area contributed by atoms with Crippen LogP contribution >= 0.6 is 0 Å². The standard InChI is InChI=1S/C15H22FN3O/c1-10-5-12(6-11(2)14(10)16)8-18-9-15(3-4-15)7-13(17)19-20/h5-6,18,20H,3-4,7-9H2,1-2H3,(H2,17,19). The van der Waals surface area contributed by atoms with Crippen molar-refractivity contribution in [2.24, 2.45) is 16.3 Å². The lowest BCUT2D eigenvalue weighted by atomic mass is 10.0. The van der Waals surface area contributed by atoms with Gasteiger partial charge in [0, 0.05) is 19.5 Å². The third-order valence-electron chi connectivity index (χ3n) is 3.97. The maximum absolute atomic E-state index is 13.5. The van der Waals surface area contributed by atoms with Gasteiger partial charge in [0.2, 0.25) is 0 Å². The number of nitrogens with two attached hydrogens (primary N) is 1. The number of halogens is 1. The molecule has 0 atom stereocenters. The molecule has 1 aliphatic rings. The van der Waals surface area contributed by atoms with Crippen molar-refractivity contribution in [3.8, 4) is 0 Å². The van der Waals surface area contributed by atoms with E-state index in [0.717, 1.165) is 24.9 Å². The lowest BCUT2D eigenvalue weighted by Crippen LogP contribution is -2.28. The van der Waals surface area contributed by atoms with Gasteiger partial charge in [0.15, 0.2) is 0 Å². The lowest BCUT2D eigenvalue weighted by molar-refractivity contribution is 0.314.